The van der Waals surface area contributed by atoms with Crippen molar-refractivity contribution in [3.63, 3.8) is 0 Å². The number of piperidine rings is 1. The summed E-state index contributed by atoms with van der Waals surface area (Å²) in [6, 6.07) is 21.7. The molecule has 0 spiro atoms. The maximum atomic E-state index is 13.4. The van der Waals surface area contributed by atoms with Crippen LogP contribution in [0.3, 0.4) is 0 Å². The molecule has 0 aromatic heterocycles. The van der Waals surface area contributed by atoms with Crippen LogP contribution in [-0.4, -0.2) is 41.4 Å². The molecular formula is C26H34N2O. The van der Waals surface area contributed by atoms with Crippen LogP contribution in [0.5, 0.6) is 0 Å². The molecule has 0 unspecified atom stereocenters. The van der Waals surface area contributed by atoms with Crippen molar-refractivity contribution < 1.29 is 4.79 Å². The maximum Gasteiger partial charge on any atom is 0.226 e. The van der Waals surface area contributed by atoms with E-state index in [1.807, 2.05) is 0 Å². The Morgan fingerprint density at radius 3 is 2.03 bits per heavy atom. The Balaban J connectivity index is 1.35. The molecule has 29 heavy (non-hydrogen) atoms. The minimum absolute atomic E-state index is 0.259. The fourth-order valence-electron chi connectivity index (χ4n) is 4.96. The third-order valence-electron chi connectivity index (χ3n) is 6.74. The van der Waals surface area contributed by atoms with Crippen LogP contribution in [0.1, 0.15) is 49.7 Å². The zero-order valence-corrected chi connectivity index (χ0v) is 17.5. The number of carbonyl (C=O) groups is 1. The van der Waals surface area contributed by atoms with Gasteiger partial charge >= 0.3 is 0 Å². The molecule has 2 fully saturated rings. The minimum Gasteiger partial charge on any atom is -0.335 e. The average Bonchev–Trinajstić information content (AvgIpc) is 3.33. The van der Waals surface area contributed by atoms with Crippen molar-refractivity contribution in [1.82, 2.24) is 9.80 Å². The quantitative estimate of drug-likeness (QED) is 0.670. The zero-order valence-electron chi connectivity index (χ0n) is 17.5. The highest BCUT2D eigenvalue weighted by atomic mass is 16.2. The summed E-state index contributed by atoms with van der Waals surface area (Å²) in [5, 5.41) is 0. The van der Waals surface area contributed by atoms with Crippen molar-refractivity contribution in [3.8, 4) is 0 Å². The lowest BCUT2D eigenvalue weighted by Crippen LogP contribution is -2.48. The highest BCUT2D eigenvalue weighted by molar-refractivity contribution is 5.79. The third kappa shape index (κ3) is 5.48. The van der Waals surface area contributed by atoms with E-state index in [2.05, 4.69) is 70.5 Å². The molecule has 154 valence electrons. The molecule has 0 N–H and O–H groups in total. The molecule has 4 rings (SSSR count). The van der Waals surface area contributed by atoms with Gasteiger partial charge in [0.2, 0.25) is 5.91 Å². The van der Waals surface area contributed by atoms with Crippen LogP contribution in [0.4, 0.5) is 0 Å². The summed E-state index contributed by atoms with van der Waals surface area (Å²) in [5.74, 6) is 0.670. The number of carbonyl (C=O) groups excluding carboxylic acids is 1. The van der Waals surface area contributed by atoms with Gasteiger partial charge in [-0.05, 0) is 43.2 Å². The number of hydrogen-bond donors (Lipinski definition) is 0. The van der Waals surface area contributed by atoms with Crippen molar-refractivity contribution in [1.29, 1.82) is 0 Å². The van der Waals surface area contributed by atoms with Crippen molar-refractivity contribution in [2.75, 3.05) is 19.6 Å². The van der Waals surface area contributed by atoms with Gasteiger partial charge in [0, 0.05) is 38.1 Å². The highest BCUT2D eigenvalue weighted by Gasteiger charge is 2.33. The summed E-state index contributed by atoms with van der Waals surface area (Å²) >= 11 is 0. The van der Waals surface area contributed by atoms with Gasteiger partial charge in [-0.3, -0.25) is 4.79 Å². The Labute approximate surface area is 175 Å². The molecule has 3 heteroatoms. The Bertz CT molecular complexity index is 747. The minimum atomic E-state index is 0.259. The van der Waals surface area contributed by atoms with Crippen LogP contribution in [-0.2, 0) is 17.8 Å². The molecule has 1 amide bonds. The fraction of sp³-hybridized carbons (Fsp3) is 0.500. The first-order valence-electron chi connectivity index (χ1n) is 11.4. The Kier molecular flexibility index (Phi) is 7.00. The van der Waals surface area contributed by atoms with E-state index < -0.39 is 0 Å². The van der Waals surface area contributed by atoms with Crippen molar-refractivity contribution in [2.45, 2.75) is 57.5 Å². The van der Waals surface area contributed by atoms with E-state index in [4.69, 9.17) is 0 Å². The smallest absolute Gasteiger partial charge is 0.226 e. The van der Waals surface area contributed by atoms with E-state index >= 15 is 0 Å². The summed E-state index contributed by atoms with van der Waals surface area (Å²) in [6.45, 7) is 4.08. The molecule has 3 nitrogen and oxygen atoms in total. The van der Waals surface area contributed by atoms with Gasteiger partial charge in [-0.2, -0.15) is 0 Å². The first kappa shape index (κ1) is 20.2. The first-order chi connectivity index (χ1) is 14.3. The largest absolute Gasteiger partial charge is 0.335 e. The number of likely N-dealkylation sites (tertiary alicyclic amines) is 1. The summed E-state index contributed by atoms with van der Waals surface area (Å²) in [6.07, 6.45) is 7.90. The number of rotatable bonds is 7. The van der Waals surface area contributed by atoms with Crippen molar-refractivity contribution >= 4 is 5.91 Å². The van der Waals surface area contributed by atoms with E-state index in [0.29, 0.717) is 11.9 Å². The molecule has 0 radical (unpaired) electrons. The predicted octanol–water partition coefficient (Wildman–Crippen LogP) is 4.91. The van der Waals surface area contributed by atoms with Crippen LogP contribution < -0.4 is 0 Å². The van der Waals surface area contributed by atoms with E-state index in [0.717, 1.165) is 58.3 Å². The normalized spacial score (nSPS) is 18.8. The molecule has 0 atom stereocenters. The second-order valence-corrected chi connectivity index (χ2v) is 8.74. The number of hydrogen-bond acceptors (Lipinski definition) is 2. The van der Waals surface area contributed by atoms with Crippen LogP contribution in [0, 0.1) is 5.92 Å². The Morgan fingerprint density at radius 2 is 1.41 bits per heavy atom. The van der Waals surface area contributed by atoms with Gasteiger partial charge in [-0.15, -0.1) is 0 Å². The summed E-state index contributed by atoms with van der Waals surface area (Å²) in [5.41, 5.74) is 2.67. The van der Waals surface area contributed by atoms with Crippen molar-refractivity contribution in [3.05, 3.63) is 71.8 Å². The Hall–Kier alpha value is -2.13. The lowest BCUT2D eigenvalue weighted by atomic mass is 9.98. The molecule has 2 aromatic carbocycles. The predicted molar refractivity (Wildman–Crippen MR) is 119 cm³/mol. The number of benzene rings is 2. The van der Waals surface area contributed by atoms with Gasteiger partial charge in [0.25, 0.3) is 0 Å². The van der Waals surface area contributed by atoms with Gasteiger partial charge in [0.05, 0.1) is 0 Å². The molecule has 2 aromatic rings. The lowest BCUT2D eigenvalue weighted by molar-refractivity contribution is -0.139. The van der Waals surface area contributed by atoms with Gasteiger partial charge in [-0.25, -0.2) is 0 Å². The van der Waals surface area contributed by atoms with Gasteiger partial charge in [0.15, 0.2) is 0 Å². The van der Waals surface area contributed by atoms with Crippen LogP contribution in [0.25, 0.3) is 0 Å². The van der Waals surface area contributed by atoms with Crippen LogP contribution in [0.15, 0.2) is 60.7 Å². The first-order valence-corrected chi connectivity index (χ1v) is 11.4. The van der Waals surface area contributed by atoms with E-state index in [9.17, 15) is 4.79 Å². The molecule has 1 heterocycles. The molecule has 0 bridgehead atoms. The highest BCUT2D eigenvalue weighted by Crippen LogP contribution is 2.30. The fourth-order valence-corrected chi connectivity index (χ4v) is 4.96. The van der Waals surface area contributed by atoms with E-state index in [-0.39, 0.29) is 5.92 Å². The van der Waals surface area contributed by atoms with E-state index in [1.165, 1.54) is 24.0 Å². The SMILES string of the molecule is O=C(C1CCCC1)N(Cc1ccccc1)C1CCN(CCc2ccccc2)CC1. The Morgan fingerprint density at radius 1 is 0.828 bits per heavy atom. The molecule has 1 saturated heterocycles. The molecule has 2 aliphatic rings. The average molecular weight is 391 g/mol. The van der Waals surface area contributed by atoms with E-state index in [1.54, 1.807) is 0 Å². The zero-order chi connectivity index (χ0) is 19.9. The molecule has 1 aliphatic carbocycles. The maximum absolute atomic E-state index is 13.4. The summed E-state index contributed by atoms with van der Waals surface area (Å²) < 4.78 is 0. The standard InChI is InChI=1S/C26H34N2O/c29-26(24-13-7-8-14-24)28(21-23-11-5-2-6-12-23)25-16-19-27(20-17-25)18-15-22-9-3-1-4-10-22/h1-6,9-12,24-25H,7-8,13-21H2. The lowest BCUT2D eigenvalue weighted by Gasteiger charge is -2.39. The number of amides is 1. The van der Waals surface area contributed by atoms with Gasteiger partial charge in [0.1, 0.15) is 0 Å². The second-order valence-electron chi connectivity index (χ2n) is 8.74. The summed E-state index contributed by atoms with van der Waals surface area (Å²) in [4.78, 5) is 18.2. The van der Waals surface area contributed by atoms with Gasteiger partial charge < -0.3 is 9.80 Å². The molecule has 1 saturated carbocycles. The second kappa shape index (κ2) is 10.1. The topological polar surface area (TPSA) is 23.6 Å². The molecular weight excluding hydrogens is 356 g/mol. The van der Waals surface area contributed by atoms with Gasteiger partial charge in [-0.1, -0.05) is 73.5 Å². The summed E-state index contributed by atoms with van der Waals surface area (Å²) in [7, 11) is 0. The third-order valence-corrected chi connectivity index (χ3v) is 6.74. The van der Waals surface area contributed by atoms with Crippen LogP contribution >= 0.6 is 0 Å². The number of nitrogens with zero attached hydrogens (tertiary/aromatic N) is 2. The van der Waals surface area contributed by atoms with Crippen LogP contribution in [0.2, 0.25) is 0 Å². The monoisotopic (exact) mass is 390 g/mol. The van der Waals surface area contributed by atoms with Crippen molar-refractivity contribution in [2.24, 2.45) is 5.92 Å². The molecule has 1 aliphatic heterocycles.